The van der Waals surface area contributed by atoms with E-state index >= 15 is 0 Å². The highest BCUT2D eigenvalue weighted by atomic mass is 32.2. The van der Waals surface area contributed by atoms with Gasteiger partial charge in [-0.3, -0.25) is 0 Å². The minimum absolute atomic E-state index is 0.161. The molecule has 4 nitrogen and oxygen atoms in total. The van der Waals surface area contributed by atoms with Gasteiger partial charge in [-0.25, -0.2) is 8.42 Å². The Hall–Kier alpha value is -0.810. The van der Waals surface area contributed by atoms with E-state index in [1.807, 2.05) is 0 Å². The van der Waals surface area contributed by atoms with Gasteiger partial charge in [0.15, 0.2) is 9.84 Å². The molecule has 0 bridgehead atoms. The number of rotatable bonds is 3. The zero-order valence-electron chi connectivity index (χ0n) is 7.52. The maximum Gasteiger partial charge on any atom is 0.184 e. The van der Waals surface area contributed by atoms with Gasteiger partial charge in [0.05, 0.1) is 18.1 Å². The van der Waals surface area contributed by atoms with E-state index in [2.05, 4.69) is 0 Å². The molecule has 0 spiro atoms. The molecule has 0 aliphatic heterocycles. The van der Waals surface area contributed by atoms with Crippen LogP contribution in [0.3, 0.4) is 0 Å². The molecule has 1 rings (SSSR count). The lowest BCUT2D eigenvalue weighted by Gasteiger charge is -2.04. The van der Waals surface area contributed by atoms with E-state index in [0.29, 0.717) is 5.76 Å². The molecule has 0 fully saturated rings. The lowest BCUT2D eigenvalue weighted by Crippen LogP contribution is -2.17. The lowest BCUT2D eigenvalue weighted by molar-refractivity contribution is 0.218. The van der Waals surface area contributed by atoms with Crippen LogP contribution in [0.25, 0.3) is 0 Å². The van der Waals surface area contributed by atoms with Crippen LogP contribution in [0, 0.1) is 6.92 Å². The Kier molecular flexibility index (Phi) is 2.77. The van der Waals surface area contributed by atoms with Crippen molar-refractivity contribution in [1.29, 1.82) is 0 Å². The molecule has 1 aromatic rings. The Morgan fingerprint density at radius 1 is 1.62 bits per heavy atom. The predicted octanol–water partition coefficient (Wildman–Crippen LogP) is 0.743. The highest BCUT2D eigenvalue weighted by Gasteiger charge is 2.20. The summed E-state index contributed by atoms with van der Waals surface area (Å²) in [5, 5.41) is 8.97. The minimum Gasteiger partial charge on any atom is -0.468 e. The Balaban J connectivity index is 3.02. The standard InChI is InChI=1S/C8H12O4S/c1-6(9)5-13(10,11)8-3-4-12-7(8)2/h3-4,6,9H,5H2,1-2H3. The first kappa shape index (κ1) is 10.3. The number of hydrogen-bond donors (Lipinski definition) is 1. The fraction of sp³-hybridized carbons (Fsp3) is 0.500. The number of sulfone groups is 1. The summed E-state index contributed by atoms with van der Waals surface area (Å²) >= 11 is 0. The molecule has 0 saturated heterocycles. The number of aliphatic hydroxyl groups excluding tert-OH is 1. The Bertz CT molecular complexity index is 375. The van der Waals surface area contributed by atoms with Crippen LogP contribution in [-0.4, -0.2) is 25.4 Å². The van der Waals surface area contributed by atoms with Gasteiger partial charge in [0.1, 0.15) is 10.7 Å². The molecule has 5 heteroatoms. The van der Waals surface area contributed by atoms with Crippen molar-refractivity contribution in [1.82, 2.24) is 0 Å². The third-order valence-corrected chi connectivity index (χ3v) is 3.62. The van der Waals surface area contributed by atoms with Crippen LogP contribution in [-0.2, 0) is 9.84 Å². The van der Waals surface area contributed by atoms with Gasteiger partial charge >= 0.3 is 0 Å². The first-order valence-corrected chi connectivity index (χ1v) is 5.53. The zero-order chi connectivity index (χ0) is 10.1. The predicted molar refractivity (Wildman–Crippen MR) is 47.2 cm³/mol. The second-order valence-electron chi connectivity index (χ2n) is 2.97. The van der Waals surface area contributed by atoms with Crippen LogP contribution in [0.4, 0.5) is 0 Å². The second-order valence-corrected chi connectivity index (χ2v) is 4.97. The van der Waals surface area contributed by atoms with Crippen molar-refractivity contribution < 1.29 is 17.9 Å². The summed E-state index contributed by atoms with van der Waals surface area (Å²) in [5.41, 5.74) is 0. The summed E-state index contributed by atoms with van der Waals surface area (Å²) in [6.45, 7) is 3.02. The van der Waals surface area contributed by atoms with Crippen LogP contribution in [0.5, 0.6) is 0 Å². The Morgan fingerprint density at radius 2 is 2.23 bits per heavy atom. The average molecular weight is 204 g/mol. The van der Waals surface area contributed by atoms with E-state index in [9.17, 15) is 8.42 Å². The average Bonchev–Trinajstić information content (AvgIpc) is 2.32. The molecule has 1 unspecified atom stereocenters. The molecule has 1 aromatic heterocycles. The molecule has 0 aliphatic carbocycles. The van der Waals surface area contributed by atoms with Crippen LogP contribution in [0.2, 0.25) is 0 Å². The van der Waals surface area contributed by atoms with Crippen LogP contribution >= 0.6 is 0 Å². The molecule has 13 heavy (non-hydrogen) atoms. The van der Waals surface area contributed by atoms with Gasteiger partial charge in [-0.2, -0.15) is 0 Å². The summed E-state index contributed by atoms with van der Waals surface area (Å²) in [4.78, 5) is 0.161. The summed E-state index contributed by atoms with van der Waals surface area (Å²) in [5.74, 6) is 0.0913. The molecule has 0 saturated carbocycles. The first-order chi connectivity index (χ1) is 5.93. The maximum atomic E-state index is 11.5. The van der Waals surface area contributed by atoms with E-state index in [1.165, 1.54) is 19.3 Å². The van der Waals surface area contributed by atoms with Crippen LogP contribution in [0.1, 0.15) is 12.7 Å². The fourth-order valence-corrected chi connectivity index (χ4v) is 2.67. The Morgan fingerprint density at radius 3 is 2.62 bits per heavy atom. The molecule has 1 heterocycles. The summed E-state index contributed by atoms with van der Waals surface area (Å²) in [7, 11) is -3.39. The molecular formula is C8H12O4S. The third-order valence-electron chi connectivity index (χ3n) is 1.61. The van der Waals surface area contributed by atoms with Gasteiger partial charge in [-0.15, -0.1) is 0 Å². The van der Waals surface area contributed by atoms with Crippen molar-refractivity contribution in [2.24, 2.45) is 0 Å². The summed E-state index contributed by atoms with van der Waals surface area (Å²) in [6, 6.07) is 1.40. The third kappa shape index (κ3) is 2.32. The largest absolute Gasteiger partial charge is 0.468 e. The van der Waals surface area contributed by atoms with Crippen molar-refractivity contribution in [3.8, 4) is 0 Å². The topological polar surface area (TPSA) is 67.5 Å². The maximum absolute atomic E-state index is 11.5. The molecule has 0 aliphatic rings. The van der Waals surface area contributed by atoms with Crippen molar-refractivity contribution in [3.05, 3.63) is 18.1 Å². The second kappa shape index (κ2) is 3.51. The number of hydrogen-bond acceptors (Lipinski definition) is 4. The first-order valence-electron chi connectivity index (χ1n) is 3.88. The molecule has 0 aromatic carbocycles. The molecule has 1 atom stereocenters. The quantitative estimate of drug-likeness (QED) is 0.788. The molecule has 0 radical (unpaired) electrons. The Labute approximate surface area is 77.1 Å². The van der Waals surface area contributed by atoms with E-state index < -0.39 is 15.9 Å². The van der Waals surface area contributed by atoms with Gasteiger partial charge in [0.25, 0.3) is 0 Å². The number of aryl methyl sites for hydroxylation is 1. The van der Waals surface area contributed by atoms with Crippen LogP contribution in [0.15, 0.2) is 21.6 Å². The SMILES string of the molecule is Cc1occc1S(=O)(=O)CC(C)O. The zero-order valence-corrected chi connectivity index (χ0v) is 8.34. The van der Waals surface area contributed by atoms with Crippen molar-refractivity contribution in [2.45, 2.75) is 24.8 Å². The van der Waals surface area contributed by atoms with Gasteiger partial charge in [0, 0.05) is 0 Å². The van der Waals surface area contributed by atoms with Gasteiger partial charge < -0.3 is 9.52 Å². The number of furan rings is 1. The highest BCUT2D eigenvalue weighted by molar-refractivity contribution is 7.91. The smallest absolute Gasteiger partial charge is 0.184 e. The minimum atomic E-state index is -3.39. The lowest BCUT2D eigenvalue weighted by atomic mass is 10.5. The van der Waals surface area contributed by atoms with E-state index in [1.54, 1.807) is 6.92 Å². The van der Waals surface area contributed by atoms with Gasteiger partial charge in [0.2, 0.25) is 0 Å². The van der Waals surface area contributed by atoms with Crippen molar-refractivity contribution in [2.75, 3.05) is 5.75 Å². The van der Waals surface area contributed by atoms with Crippen molar-refractivity contribution in [3.63, 3.8) is 0 Å². The normalized spacial score (nSPS) is 14.4. The number of aliphatic hydroxyl groups is 1. The molecule has 1 N–H and O–H groups in total. The van der Waals surface area contributed by atoms with Crippen molar-refractivity contribution >= 4 is 9.84 Å². The fourth-order valence-electron chi connectivity index (χ4n) is 1.10. The highest BCUT2D eigenvalue weighted by Crippen LogP contribution is 2.17. The molecule has 0 amide bonds. The summed E-state index contributed by atoms with van der Waals surface area (Å²) in [6.07, 6.45) is 0.462. The summed E-state index contributed by atoms with van der Waals surface area (Å²) < 4.78 is 27.9. The van der Waals surface area contributed by atoms with Gasteiger partial charge in [-0.05, 0) is 19.9 Å². The van der Waals surface area contributed by atoms with E-state index in [-0.39, 0.29) is 10.6 Å². The molecular weight excluding hydrogens is 192 g/mol. The van der Waals surface area contributed by atoms with E-state index in [4.69, 9.17) is 9.52 Å². The van der Waals surface area contributed by atoms with Crippen LogP contribution < -0.4 is 0 Å². The molecule has 74 valence electrons. The van der Waals surface area contributed by atoms with E-state index in [0.717, 1.165) is 0 Å². The monoisotopic (exact) mass is 204 g/mol. The van der Waals surface area contributed by atoms with Gasteiger partial charge in [-0.1, -0.05) is 0 Å².